The van der Waals surface area contributed by atoms with Gasteiger partial charge in [-0.3, -0.25) is 21.1 Å². The molecule has 0 aliphatic carbocycles. The summed E-state index contributed by atoms with van der Waals surface area (Å²) in [6.45, 7) is -2.51. The second-order valence-electron chi connectivity index (χ2n) is 2.63. The number of non-ortho nitro benzene ring substituents is 1. The monoisotopic (exact) mass is 232 g/mol. The Balaban J connectivity index is 2.84. The molecule has 8 heteroatoms. The minimum atomic E-state index is -2.51. The molecule has 6 nitrogen and oxygen atoms in total. The number of anilines is 1. The maximum atomic E-state index is 10.3. The van der Waals surface area contributed by atoms with Crippen molar-refractivity contribution in [1.29, 1.82) is 0 Å². The molecule has 76 valence electrons. The van der Waals surface area contributed by atoms with E-state index < -0.39 is 11.4 Å². The number of nitrogens with two attached hydrogens (primary N) is 2. The summed E-state index contributed by atoms with van der Waals surface area (Å²) in [5.74, 6) is 0. The molecule has 0 saturated carbocycles. The zero-order valence-electron chi connectivity index (χ0n) is 7.08. The van der Waals surface area contributed by atoms with E-state index in [-0.39, 0.29) is 5.69 Å². The zero-order chi connectivity index (χ0) is 10.8. The fourth-order valence-electron chi connectivity index (χ4n) is 0.859. The molecule has 0 amide bonds. The highest BCUT2D eigenvalue weighted by atomic mass is 32.4. The van der Waals surface area contributed by atoms with E-state index in [9.17, 15) is 10.1 Å². The van der Waals surface area contributed by atoms with Gasteiger partial charge in [0, 0.05) is 17.8 Å². The van der Waals surface area contributed by atoms with Gasteiger partial charge in [0.15, 0.2) is 6.49 Å². The van der Waals surface area contributed by atoms with Crippen LogP contribution in [0.15, 0.2) is 24.3 Å². The fraction of sp³-hybridized carbons (Fsp3) is 0. The fourth-order valence-corrected chi connectivity index (χ4v) is 1.73. The normalized spacial score (nSPS) is 11.0. The first-order valence-corrected chi connectivity index (χ1v) is 6.52. The first-order valence-electron chi connectivity index (χ1n) is 3.58. The number of hydrogen-bond donors (Lipinski definition) is 3. The highest BCUT2D eigenvalue weighted by molar-refractivity contribution is 8.13. The summed E-state index contributed by atoms with van der Waals surface area (Å²) in [5, 5.41) is 13.0. The van der Waals surface area contributed by atoms with E-state index in [1.165, 1.54) is 24.3 Å². The lowest BCUT2D eigenvalue weighted by molar-refractivity contribution is -0.384. The van der Waals surface area contributed by atoms with Crippen molar-refractivity contribution in [2.75, 3.05) is 5.09 Å². The summed E-state index contributed by atoms with van der Waals surface area (Å²) in [7, 11) is 0. The summed E-state index contributed by atoms with van der Waals surface area (Å²) in [6.07, 6.45) is 0. The van der Waals surface area contributed by atoms with E-state index in [1.807, 2.05) is 0 Å². The van der Waals surface area contributed by atoms with Crippen molar-refractivity contribution in [2.45, 2.75) is 0 Å². The van der Waals surface area contributed by atoms with Crippen molar-refractivity contribution in [3.63, 3.8) is 0 Å². The van der Waals surface area contributed by atoms with Crippen LogP contribution in [-0.2, 0) is 11.8 Å². The van der Waals surface area contributed by atoms with Crippen LogP contribution in [0.3, 0.4) is 0 Å². The van der Waals surface area contributed by atoms with Crippen LogP contribution in [-0.4, -0.2) is 4.92 Å². The molecule has 0 heterocycles. The van der Waals surface area contributed by atoms with Gasteiger partial charge in [0.05, 0.1) is 4.92 Å². The van der Waals surface area contributed by atoms with Gasteiger partial charge in [0.2, 0.25) is 0 Å². The van der Waals surface area contributed by atoms with E-state index in [2.05, 4.69) is 5.09 Å². The van der Waals surface area contributed by atoms with Crippen molar-refractivity contribution in [1.82, 2.24) is 0 Å². The quantitative estimate of drug-likeness (QED) is 0.410. The Morgan fingerprint density at radius 2 is 1.86 bits per heavy atom. The minimum Gasteiger partial charge on any atom is -0.335 e. The van der Waals surface area contributed by atoms with E-state index in [0.29, 0.717) is 5.69 Å². The van der Waals surface area contributed by atoms with Gasteiger partial charge in [-0.2, -0.15) is 0 Å². The van der Waals surface area contributed by atoms with Gasteiger partial charge >= 0.3 is 0 Å². The first-order chi connectivity index (χ1) is 6.38. The van der Waals surface area contributed by atoms with Gasteiger partial charge in [-0.1, -0.05) is 0 Å². The van der Waals surface area contributed by atoms with Crippen LogP contribution in [0.5, 0.6) is 0 Å². The van der Waals surface area contributed by atoms with E-state index >= 15 is 0 Å². The van der Waals surface area contributed by atoms with Gasteiger partial charge < -0.3 is 5.09 Å². The Morgan fingerprint density at radius 3 is 2.21 bits per heavy atom. The predicted octanol–water partition coefficient (Wildman–Crippen LogP) is 1.15. The molecule has 0 aliphatic heterocycles. The van der Waals surface area contributed by atoms with Gasteiger partial charge in [0.25, 0.3) is 5.69 Å². The summed E-state index contributed by atoms with van der Waals surface area (Å²) in [6, 6.07) is 5.73. The van der Waals surface area contributed by atoms with Crippen LogP contribution in [0.4, 0.5) is 11.4 Å². The predicted molar refractivity (Wildman–Crippen MR) is 59.4 cm³/mol. The lowest BCUT2D eigenvalue weighted by Gasteiger charge is -2.12. The Kier molecular flexibility index (Phi) is 3.17. The molecule has 0 unspecified atom stereocenters. The molecule has 0 spiro atoms. The number of benzene rings is 1. The SMILES string of the molecule is NP(N)(=S)Nc1ccc([N+](=O)[O-])cc1. The van der Waals surface area contributed by atoms with Crippen molar-refractivity contribution < 1.29 is 4.92 Å². The minimum absolute atomic E-state index is 0.0119. The third-order valence-electron chi connectivity index (χ3n) is 1.38. The van der Waals surface area contributed by atoms with Gasteiger partial charge in [-0.25, -0.2) is 0 Å². The topological polar surface area (TPSA) is 107 Å². The Labute approximate surface area is 85.6 Å². The average molecular weight is 232 g/mol. The smallest absolute Gasteiger partial charge is 0.269 e. The summed E-state index contributed by atoms with van der Waals surface area (Å²) >= 11 is 4.77. The molecule has 5 N–H and O–H groups in total. The second kappa shape index (κ2) is 4.02. The third kappa shape index (κ3) is 3.39. The van der Waals surface area contributed by atoms with Crippen molar-refractivity contribution in [3.8, 4) is 0 Å². The van der Waals surface area contributed by atoms with E-state index in [0.717, 1.165) is 0 Å². The molecule has 0 radical (unpaired) electrons. The third-order valence-corrected chi connectivity index (χ3v) is 2.26. The van der Waals surface area contributed by atoms with E-state index in [1.54, 1.807) is 0 Å². The van der Waals surface area contributed by atoms with Crippen LogP contribution < -0.4 is 16.1 Å². The van der Waals surface area contributed by atoms with Gasteiger partial charge in [-0.05, 0) is 23.9 Å². The van der Waals surface area contributed by atoms with Crippen molar-refractivity contribution >= 4 is 29.7 Å². The average Bonchev–Trinajstić information content (AvgIpc) is 2.02. The van der Waals surface area contributed by atoms with Crippen molar-refractivity contribution in [3.05, 3.63) is 34.4 Å². The van der Waals surface area contributed by atoms with Crippen LogP contribution >= 0.6 is 6.49 Å². The van der Waals surface area contributed by atoms with Crippen LogP contribution in [0.25, 0.3) is 0 Å². The molecular formula is C6H9N4O2PS. The molecule has 1 aromatic carbocycles. The molecule has 1 aromatic rings. The standard InChI is InChI=1S/C6H9N4O2PS/c7-13(8,14)9-5-1-3-6(4-2-5)10(11)12/h1-4H,(H5,7,8,9,14). The number of nitro benzene ring substituents is 1. The highest BCUT2D eigenvalue weighted by Crippen LogP contribution is 2.28. The number of rotatable bonds is 3. The maximum Gasteiger partial charge on any atom is 0.269 e. The van der Waals surface area contributed by atoms with Crippen LogP contribution in [0, 0.1) is 10.1 Å². The number of nitrogens with zero attached hydrogens (tertiary/aromatic N) is 1. The van der Waals surface area contributed by atoms with Crippen LogP contribution in [0.2, 0.25) is 0 Å². The summed E-state index contributed by atoms with van der Waals surface area (Å²) in [4.78, 5) is 9.84. The first kappa shape index (κ1) is 11.1. The van der Waals surface area contributed by atoms with Crippen LogP contribution in [0.1, 0.15) is 0 Å². The molecule has 0 atom stereocenters. The molecule has 1 rings (SSSR count). The van der Waals surface area contributed by atoms with Gasteiger partial charge in [0.1, 0.15) is 0 Å². The molecular weight excluding hydrogens is 223 g/mol. The highest BCUT2D eigenvalue weighted by Gasteiger charge is 2.06. The second-order valence-corrected chi connectivity index (χ2v) is 6.08. The molecule has 0 aromatic heterocycles. The number of hydrogen-bond acceptors (Lipinski definition) is 3. The molecule has 0 saturated heterocycles. The number of nitro groups is 1. The lowest BCUT2D eigenvalue weighted by atomic mass is 10.3. The number of nitrogens with one attached hydrogen (secondary N) is 1. The zero-order valence-corrected chi connectivity index (χ0v) is 8.79. The van der Waals surface area contributed by atoms with Gasteiger partial charge in [-0.15, -0.1) is 0 Å². The largest absolute Gasteiger partial charge is 0.335 e. The Hall–Kier alpha value is -1.01. The molecule has 0 fully saturated rings. The van der Waals surface area contributed by atoms with Crippen molar-refractivity contribution in [2.24, 2.45) is 11.0 Å². The molecule has 14 heavy (non-hydrogen) atoms. The summed E-state index contributed by atoms with van der Waals surface area (Å²) in [5.41, 5.74) is 11.4. The Morgan fingerprint density at radius 1 is 1.36 bits per heavy atom. The Bertz CT molecular complexity index is 387. The summed E-state index contributed by atoms with van der Waals surface area (Å²) < 4.78 is 0. The molecule has 0 aliphatic rings. The van der Waals surface area contributed by atoms with E-state index in [4.69, 9.17) is 22.8 Å². The lowest BCUT2D eigenvalue weighted by Crippen LogP contribution is -2.12. The maximum absolute atomic E-state index is 10.3. The molecule has 0 bridgehead atoms.